The molecule has 0 amide bonds. The van der Waals surface area contributed by atoms with Crippen LogP contribution in [0, 0.1) is 5.92 Å². The summed E-state index contributed by atoms with van der Waals surface area (Å²) in [6.45, 7) is 8.62. The van der Waals surface area contributed by atoms with E-state index < -0.39 is 0 Å². The number of hydrogen-bond acceptors (Lipinski definition) is 2. The summed E-state index contributed by atoms with van der Waals surface area (Å²) in [6.07, 6.45) is 14.3. The number of hydrogen-bond donors (Lipinski definition) is 1. The normalized spacial score (nSPS) is 28.2. The molecule has 0 bridgehead atoms. The van der Waals surface area contributed by atoms with Crippen LogP contribution in [0.4, 0.5) is 0 Å². The maximum Gasteiger partial charge on any atom is 0.0192 e. The van der Waals surface area contributed by atoms with Gasteiger partial charge in [-0.15, -0.1) is 0 Å². The fourth-order valence-corrected chi connectivity index (χ4v) is 4.10. The second-order valence-corrected chi connectivity index (χ2v) is 7.21. The van der Waals surface area contributed by atoms with Crippen LogP contribution in [0.3, 0.4) is 0 Å². The van der Waals surface area contributed by atoms with Crippen molar-refractivity contribution in [1.29, 1.82) is 0 Å². The van der Waals surface area contributed by atoms with Crippen molar-refractivity contribution in [3.05, 3.63) is 0 Å². The zero-order valence-corrected chi connectivity index (χ0v) is 13.9. The molecule has 2 nitrogen and oxygen atoms in total. The molecule has 118 valence electrons. The molecule has 2 atom stereocenters. The summed E-state index contributed by atoms with van der Waals surface area (Å²) in [5.41, 5.74) is 0. The Morgan fingerprint density at radius 3 is 2.55 bits per heavy atom. The molecule has 1 aliphatic heterocycles. The number of nitrogens with zero attached hydrogens (tertiary/aromatic N) is 1. The van der Waals surface area contributed by atoms with Gasteiger partial charge in [0.15, 0.2) is 0 Å². The van der Waals surface area contributed by atoms with E-state index in [1.165, 1.54) is 83.8 Å². The predicted octanol–water partition coefficient (Wildman–Crippen LogP) is 4.20. The third-order valence-corrected chi connectivity index (χ3v) is 5.51. The Morgan fingerprint density at radius 2 is 1.80 bits per heavy atom. The Morgan fingerprint density at radius 1 is 1.00 bits per heavy atom. The Labute approximate surface area is 126 Å². The van der Waals surface area contributed by atoms with Crippen molar-refractivity contribution in [2.24, 2.45) is 5.92 Å². The van der Waals surface area contributed by atoms with E-state index >= 15 is 0 Å². The van der Waals surface area contributed by atoms with Crippen molar-refractivity contribution in [2.45, 2.75) is 90.1 Å². The highest BCUT2D eigenvalue weighted by Gasteiger charge is 2.21. The van der Waals surface area contributed by atoms with Crippen molar-refractivity contribution < 1.29 is 0 Å². The van der Waals surface area contributed by atoms with Gasteiger partial charge in [0.05, 0.1) is 0 Å². The molecule has 1 saturated carbocycles. The first-order valence-corrected chi connectivity index (χ1v) is 9.27. The van der Waals surface area contributed by atoms with Gasteiger partial charge in [-0.05, 0) is 58.0 Å². The minimum atomic E-state index is 0.720. The van der Waals surface area contributed by atoms with Crippen LogP contribution in [0.15, 0.2) is 0 Å². The molecule has 0 aromatic rings. The van der Waals surface area contributed by atoms with E-state index in [1.54, 1.807) is 0 Å². The summed E-state index contributed by atoms with van der Waals surface area (Å²) >= 11 is 0. The summed E-state index contributed by atoms with van der Waals surface area (Å²) in [6, 6.07) is 1.53. The monoisotopic (exact) mass is 280 g/mol. The van der Waals surface area contributed by atoms with Crippen LogP contribution >= 0.6 is 0 Å². The minimum Gasteiger partial charge on any atom is -0.312 e. The SMILES string of the molecule is CCCC1CCCN(C(C)CNC2CCCCC2)CC1. The summed E-state index contributed by atoms with van der Waals surface area (Å²) in [7, 11) is 0. The predicted molar refractivity (Wildman–Crippen MR) is 88.2 cm³/mol. The fraction of sp³-hybridized carbons (Fsp3) is 1.00. The Hall–Kier alpha value is -0.0800. The van der Waals surface area contributed by atoms with Crippen LogP contribution in [0.5, 0.6) is 0 Å². The first-order chi connectivity index (χ1) is 9.79. The molecule has 1 heterocycles. The largest absolute Gasteiger partial charge is 0.312 e. The van der Waals surface area contributed by atoms with Crippen LogP contribution in [-0.4, -0.2) is 36.6 Å². The maximum absolute atomic E-state index is 3.83. The molecule has 0 aromatic heterocycles. The van der Waals surface area contributed by atoms with Gasteiger partial charge < -0.3 is 5.32 Å². The highest BCUT2D eigenvalue weighted by Crippen LogP contribution is 2.23. The Kier molecular flexibility index (Phi) is 7.37. The molecular formula is C18H36N2. The van der Waals surface area contributed by atoms with Gasteiger partial charge in [0.1, 0.15) is 0 Å². The number of likely N-dealkylation sites (tertiary alicyclic amines) is 1. The van der Waals surface area contributed by atoms with Crippen LogP contribution in [0.25, 0.3) is 0 Å². The highest BCUT2D eigenvalue weighted by molar-refractivity contribution is 4.78. The van der Waals surface area contributed by atoms with E-state index in [0.717, 1.165) is 18.0 Å². The van der Waals surface area contributed by atoms with Crippen LogP contribution in [-0.2, 0) is 0 Å². The Balaban J connectivity index is 1.67. The van der Waals surface area contributed by atoms with Gasteiger partial charge >= 0.3 is 0 Å². The van der Waals surface area contributed by atoms with Crippen molar-refractivity contribution >= 4 is 0 Å². The summed E-state index contributed by atoms with van der Waals surface area (Å²) in [5.74, 6) is 1.00. The molecule has 0 radical (unpaired) electrons. The van der Waals surface area contributed by atoms with Crippen molar-refractivity contribution in [1.82, 2.24) is 10.2 Å². The van der Waals surface area contributed by atoms with Gasteiger partial charge in [-0.25, -0.2) is 0 Å². The minimum absolute atomic E-state index is 0.720. The first-order valence-electron chi connectivity index (χ1n) is 9.27. The van der Waals surface area contributed by atoms with Crippen molar-refractivity contribution in [3.8, 4) is 0 Å². The lowest BCUT2D eigenvalue weighted by molar-refractivity contribution is 0.200. The second-order valence-electron chi connectivity index (χ2n) is 7.21. The van der Waals surface area contributed by atoms with E-state index in [9.17, 15) is 0 Å². The molecule has 2 unspecified atom stereocenters. The van der Waals surface area contributed by atoms with E-state index in [1.807, 2.05) is 0 Å². The van der Waals surface area contributed by atoms with E-state index in [0.29, 0.717) is 0 Å². The first kappa shape index (κ1) is 16.3. The molecule has 0 aromatic carbocycles. The Bertz CT molecular complexity index is 248. The van der Waals surface area contributed by atoms with Gasteiger partial charge in [0, 0.05) is 18.6 Å². The van der Waals surface area contributed by atoms with Crippen LogP contribution in [0.2, 0.25) is 0 Å². The zero-order valence-electron chi connectivity index (χ0n) is 13.9. The third-order valence-electron chi connectivity index (χ3n) is 5.51. The van der Waals surface area contributed by atoms with Gasteiger partial charge in [0.2, 0.25) is 0 Å². The quantitative estimate of drug-likeness (QED) is 0.784. The number of nitrogens with one attached hydrogen (secondary N) is 1. The maximum atomic E-state index is 3.83. The fourth-order valence-electron chi connectivity index (χ4n) is 4.10. The summed E-state index contributed by atoms with van der Waals surface area (Å²) < 4.78 is 0. The van der Waals surface area contributed by atoms with Gasteiger partial charge in [-0.1, -0.05) is 39.0 Å². The molecule has 1 saturated heterocycles. The van der Waals surface area contributed by atoms with Gasteiger partial charge in [-0.2, -0.15) is 0 Å². The third kappa shape index (κ3) is 5.37. The molecular weight excluding hydrogens is 244 g/mol. The summed E-state index contributed by atoms with van der Waals surface area (Å²) in [5, 5.41) is 3.83. The lowest BCUT2D eigenvalue weighted by Crippen LogP contribution is -2.44. The second kappa shape index (κ2) is 9.04. The molecule has 20 heavy (non-hydrogen) atoms. The van der Waals surface area contributed by atoms with Crippen LogP contribution in [0.1, 0.15) is 78.1 Å². The van der Waals surface area contributed by atoms with E-state index in [4.69, 9.17) is 0 Å². The average molecular weight is 280 g/mol. The summed E-state index contributed by atoms with van der Waals surface area (Å²) in [4.78, 5) is 2.74. The average Bonchev–Trinajstić information content (AvgIpc) is 2.72. The van der Waals surface area contributed by atoms with E-state index in [-0.39, 0.29) is 0 Å². The van der Waals surface area contributed by atoms with Crippen molar-refractivity contribution in [2.75, 3.05) is 19.6 Å². The van der Waals surface area contributed by atoms with E-state index in [2.05, 4.69) is 24.1 Å². The standard InChI is InChI=1S/C18H36N2/c1-3-8-17-9-7-13-20(14-12-17)16(2)15-19-18-10-5-4-6-11-18/h16-19H,3-15H2,1-2H3. The molecule has 2 rings (SSSR count). The lowest BCUT2D eigenvalue weighted by atomic mass is 9.95. The topological polar surface area (TPSA) is 15.3 Å². The van der Waals surface area contributed by atoms with Gasteiger partial charge in [-0.3, -0.25) is 4.90 Å². The highest BCUT2D eigenvalue weighted by atomic mass is 15.2. The molecule has 0 spiro atoms. The smallest absolute Gasteiger partial charge is 0.0192 e. The molecule has 2 aliphatic rings. The van der Waals surface area contributed by atoms with Crippen LogP contribution < -0.4 is 5.32 Å². The lowest BCUT2D eigenvalue weighted by Gasteiger charge is -2.31. The number of rotatable bonds is 6. The molecule has 2 fully saturated rings. The molecule has 2 heteroatoms. The van der Waals surface area contributed by atoms with Gasteiger partial charge in [0.25, 0.3) is 0 Å². The van der Waals surface area contributed by atoms with Crippen molar-refractivity contribution in [3.63, 3.8) is 0 Å². The molecule has 1 N–H and O–H groups in total. The molecule has 1 aliphatic carbocycles. The zero-order chi connectivity index (χ0) is 14.2.